The van der Waals surface area contributed by atoms with Gasteiger partial charge in [-0.05, 0) is 69.7 Å². The lowest BCUT2D eigenvalue weighted by atomic mass is 10.1. The second-order valence-electron chi connectivity index (χ2n) is 7.86. The number of aryl methyl sites for hydroxylation is 1. The van der Waals surface area contributed by atoms with Crippen molar-refractivity contribution in [2.24, 2.45) is 0 Å². The lowest BCUT2D eigenvalue weighted by molar-refractivity contribution is -0.168. The molecule has 0 heterocycles. The van der Waals surface area contributed by atoms with Crippen molar-refractivity contribution < 1.29 is 22.7 Å². The average Bonchev–Trinajstić information content (AvgIpc) is 3.13. The van der Waals surface area contributed by atoms with E-state index in [0.717, 1.165) is 11.1 Å². The quantitative estimate of drug-likeness (QED) is 0.825. The number of amides is 1. The molecule has 0 saturated heterocycles. The zero-order valence-electron chi connectivity index (χ0n) is 14.6. The van der Waals surface area contributed by atoms with E-state index in [4.69, 9.17) is 4.74 Å². The number of ether oxygens (including phenoxy) is 1. The Morgan fingerprint density at radius 3 is 2.48 bits per heavy atom. The normalized spacial score (nSPS) is 21.6. The molecule has 0 radical (unpaired) electrons. The van der Waals surface area contributed by atoms with Gasteiger partial charge in [0, 0.05) is 11.7 Å². The molecule has 2 aliphatic rings. The molecule has 0 spiro atoms. The SMILES string of the molecule is CC(C)(C)OC(=O)Nc1ccc2c(c1)CCC2NC1(C(F)(F)F)CC1. The fourth-order valence-electron chi connectivity index (χ4n) is 3.23. The standard InChI is InChI=1S/C18H23F3N2O2/c1-16(2,3)25-15(24)22-12-5-6-13-11(10-12)4-7-14(13)23-17(8-9-17)18(19,20)21/h5-6,10,14,23H,4,7-9H2,1-3H3,(H,22,24). The van der Waals surface area contributed by atoms with Crippen molar-refractivity contribution >= 4 is 11.8 Å². The van der Waals surface area contributed by atoms with E-state index in [1.54, 1.807) is 32.9 Å². The van der Waals surface area contributed by atoms with E-state index in [-0.39, 0.29) is 18.9 Å². The molecule has 1 atom stereocenters. The highest BCUT2D eigenvalue weighted by Crippen LogP contribution is 2.51. The first-order valence-corrected chi connectivity index (χ1v) is 8.46. The third kappa shape index (κ3) is 3.92. The molecule has 1 aromatic rings. The number of hydrogen-bond acceptors (Lipinski definition) is 3. The van der Waals surface area contributed by atoms with Gasteiger partial charge in [-0.3, -0.25) is 10.6 Å². The Hall–Kier alpha value is -1.76. The maximum absolute atomic E-state index is 13.1. The number of carbonyl (C=O) groups is 1. The van der Waals surface area contributed by atoms with Gasteiger partial charge in [0.05, 0.1) is 0 Å². The van der Waals surface area contributed by atoms with Gasteiger partial charge < -0.3 is 4.74 Å². The summed E-state index contributed by atoms with van der Waals surface area (Å²) in [5.41, 5.74) is 0.124. The Bertz CT molecular complexity index is 676. The van der Waals surface area contributed by atoms with Crippen molar-refractivity contribution in [3.63, 3.8) is 0 Å². The maximum atomic E-state index is 13.1. The summed E-state index contributed by atoms with van der Waals surface area (Å²) in [6, 6.07) is 5.01. The van der Waals surface area contributed by atoms with Gasteiger partial charge in [0.25, 0.3) is 0 Å². The summed E-state index contributed by atoms with van der Waals surface area (Å²) in [5, 5.41) is 5.48. The van der Waals surface area contributed by atoms with Crippen LogP contribution < -0.4 is 10.6 Å². The summed E-state index contributed by atoms with van der Waals surface area (Å²) in [6.07, 6.45) is -3.17. The topological polar surface area (TPSA) is 50.4 Å². The number of halogens is 3. The van der Waals surface area contributed by atoms with Gasteiger partial charge in [0.1, 0.15) is 11.1 Å². The highest BCUT2D eigenvalue weighted by atomic mass is 19.4. The molecule has 1 amide bonds. The molecule has 138 valence electrons. The minimum Gasteiger partial charge on any atom is -0.444 e. The number of nitrogens with one attached hydrogen (secondary N) is 2. The maximum Gasteiger partial charge on any atom is 0.412 e. The molecule has 0 aromatic heterocycles. The van der Waals surface area contributed by atoms with Gasteiger partial charge in [0.15, 0.2) is 0 Å². The van der Waals surface area contributed by atoms with Crippen LogP contribution in [0.15, 0.2) is 18.2 Å². The van der Waals surface area contributed by atoms with E-state index in [9.17, 15) is 18.0 Å². The molecule has 1 fully saturated rings. The molecule has 0 bridgehead atoms. The minimum atomic E-state index is -4.21. The zero-order chi connectivity index (χ0) is 18.5. The second kappa shape index (κ2) is 5.90. The molecule has 2 aliphatic carbocycles. The number of anilines is 1. The third-order valence-electron chi connectivity index (χ3n) is 4.61. The number of fused-ring (bicyclic) bond motifs is 1. The first-order valence-electron chi connectivity index (χ1n) is 8.46. The molecular weight excluding hydrogens is 333 g/mol. The molecule has 1 aromatic carbocycles. The van der Waals surface area contributed by atoms with E-state index in [2.05, 4.69) is 10.6 Å². The third-order valence-corrected chi connectivity index (χ3v) is 4.61. The number of benzene rings is 1. The van der Waals surface area contributed by atoms with Gasteiger partial charge in [-0.25, -0.2) is 4.79 Å². The summed E-state index contributed by atoms with van der Waals surface area (Å²) in [4.78, 5) is 11.8. The Morgan fingerprint density at radius 2 is 1.92 bits per heavy atom. The van der Waals surface area contributed by atoms with Crippen molar-refractivity contribution in [3.05, 3.63) is 29.3 Å². The minimum absolute atomic E-state index is 0.140. The van der Waals surface area contributed by atoms with Crippen molar-refractivity contribution in [1.82, 2.24) is 5.32 Å². The van der Waals surface area contributed by atoms with Crippen LogP contribution in [0.2, 0.25) is 0 Å². The second-order valence-corrected chi connectivity index (χ2v) is 7.86. The monoisotopic (exact) mass is 356 g/mol. The molecular formula is C18H23F3N2O2. The van der Waals surface area contributed by atoms with Crippen LogP contribution >= 0.6 is 0 Å². The lowest BCUT2D eigenvalue weighted by Crippen LogP contribution is -2.46. The van der Waals surface area contributed by atoms with Gasteiger partial charge in [0.2, 0.25) is 0 Å². The van der Waals surface area contributed by atoms with Crippen molar-refractivity contribution in [2.75, 3.05) is 5.32 Å². The Morgan fingerprint density at radius 1 is 1.24 bits per heavy atom. The number of rotatable bonds is 3. The molecule has 7 heteroatoms. The molecule has 1 unspecified atom stereocenters. The fraction of sp³-hybridized carbons (Fsp3) is 0.611. The summed E-state index contributed by atoms with van der Waals surface area (Å²) < 4.78 is 44.6. The van der Waals surface area contributed by atoms with E-state index in [1.165, 1.54) is 0 Å². The van der Waals surface area contributed by atoms with Gasteiger partial charge in [-0.2, -0.15) is 13.2 Å². The van der Waals surface area contributed by atoms with Crippen LogP contribution in [0.25, 0.3) is 0 Å². The molecule has 0 aliphatic heterocycles. The number of carbonyl (C=O) groups excluding carboxylic acids is 1. The predicted octanol–water partition coefficient (Wildman–Crippen LogP) is 4.71. The van der Waals surface area contributed by atoms with Crippen LogP contribution in [0, 0.1) is 0 Å². The summed E-state index contributed by atoms with van der Waals surface area (Å²) in [7, 11) is 0. The molecule has 25 heavy (non-hydrogen) atoms. The lowest BCUT2D eigenvalue weighted by Gasteiger charge is -2.25. The first kappa shape index (κ1) is 18.0. The van der Waals surface area contributed by atoms with Crippen LogP contribution in [-0.2, 0) is 11.2 Å². The van der Waals surface area contributed by atoms with Gasteiger partial charge in [-0.15, -0.1) is 0 Å². The Labute approximate surface area is 145 Å². The highest BCUT2D eigenvalue weighted by Gasteiger charge is 2.64. The van der Waals surface area contributed by atoms with Crippen LogP contribution in [0.1, 0.15) is 57.2 Å². The van der Waals surface area contributed by atoms with Crippen LogP contribution in [0.3, 0.4) is 0 Å². The predicted molar refractivity (Wildman–Crippen MR) is 88.5 cm³/mol. The number of hydrogen-bond donors (Lipinski definition) is 2. The summed E-state index contributed by atoms with van der Waals surface area (Å²) in [5.74, 6) is 0. The summed E-state index contributed by atoms with van der Waals surface area (Å²) >= 11 is 0. The van der Waals surface area contributed by atoms with Crippen LogP contribution in [0.4, 0.5) is 23.7 Å². The van der Waals surface area contributed by atoms with E-state index < -0.39 is 23.4 Å². The van der Waals surface area contributed by atoms with Crippen molar-refractivity contribution in [2.45, 2.75) is 69.8 Å². The molecule has 2 N–H and O–H groups in total. The number of alkyl halides is 3. The smallest absolute Gasteiger partial charge is 0.412 e. The van der Waals surface area contributed by atoms with Crippen molar-refractivity contribution in [1.29, 1.82) is 0 Å². The largest absolute Gasteiger partial charge is 0.444 e. The molecule has 1 saturated carbocycles. The van der Waals surface area contributed by atoms with E-state index in [0.29, 0.717) is 18.5 Å². The molecule has 4 nitrogen and oxygen atoms in total. The van der Waals surface area contributed by atoms with Crippen molar-refractivity contribution in [3.8, 4) is 0 Å². The Balaban J connectivity index is 1.68. The van der Waals surface area contributed by atoms with Crippen LogP contribution in [-0.4, -0.2) is 23.4 Å². The van der Waals surface area contributed by atoms with Gasteiger partial charge in [-0.1, -0.05) is 6.07 Å². The highest BCUT2D eigenvalue weighted by molar-refractivity contribution is 5.85. The zero-order valence-corrected chi connectivity index (χ0v) is 14.6. The van der Waals surface area contributed by atoms with E-state index >= 15 is 0 Å². The van der Waals surface area contributed by atoms with E-state index in [1.807, 2.05) is 6.07 Å². The average molecular weight is 356 g/mol. The Kier molecular flexibility index (Phi) is 4.26. The van der Waals surface area contributed by atoms with Crippen LogP contribution in [0.5, 0.6) is 0 Å². The fourth-order valence-corrected chi connectivity index (χ4v) is 3.23. The summed E-state index contributed by atoms with van der Waals surface area (Å²) in [6.45, 7) is 5.33. The first-order chi connectivity index (χ1) is 11.5. The van der Waals surface area contributed by atoms with Gasteiger partial charge >= 0.3 is 12.3 Å². The molecule has 3 rings (SSSR count).